The highest BCUT2D eigenvalue weighted by molar-refractivity contribution is 6.35. The van der Waals surface area contributed by atoms with Gasteiger partial charge >= 0.3 is 6.03 Å². The summed E-state index contributed by atoms with van der Waals surface area (Å²) < 4.78 is 0. The van der Waals surface area contributed by atoms with Gasteiger partial charge in [-0.25, -0.2) is 4.79 Å². The Morgan fingerprint density at radius 3 is 2.62 bits per heavy atom. The predicted molar refractivity (Wildman–Crippen MR) is 88.4 cm³/mol. The number of anilines is 1. The maximum absolute atomic E-state index is 12.2. The van der Waals surface area contributed by atoms with Crippen molar-refractivity contribution in [3.05, 3.63) is 28.2 Å². The van der Waals surface area contributed by atoms with Gasteiger partial charge in [-0.15, -0.1) is 0 Å². The monoisotopic (exact) mass is 329 g/mol. The van der Waals surface area contributed by atoms with Crippen LogP contribution in [0.1, 0.15) is 19.8 Å². The number of piperazine rings is 1. The molecule has 1 aromatic carbocycles. The standard InChI is InChI=1S/C15H21Cl2N3O/c1-2-3-6-19-7-9-20(10-8-19)15(21)18-14-11-12(16)4-5-13(14)17/h4-5,11H,2-3,6-10H2,1H3,(H,18,21). The lowest BCUT2D eigenvalue weighted by molar-refractivity contribution is 0.146. The van der Waals surface area contributed by atoms with E-state index in [4.69, 9.17) is 23.2 Å². The molecule has 1 aliphatic rings. The highest BCUT2D eigenvalue weighted by Crippen LogP contribution is 2.25. The number of urea groups is 1. The largest absolute Gasteiger partial charge is 0.322 e. The van der Waals surface area contributed by atoms with Crippen molar-refractivity contribution in [2.75, 3.05) is 38.0 Å². The number of hydrogen-bond donors (Lipinski definition) is 1. The maximum atomic E-state index is 12.2. The number of halogens is 2. The van der Waals surface area contributed by atoms with Crippen molar-refractivity contribution in [3.63, 3.8) is 0 Å². The van der Waals surface area contributed by atoms with Crippen LogP contribution in [0.15, 0.2) is 18.2 Å². The molecule has 116 valence electrons. The Balaban J connectivity index is 1.86. The first-order chi connectivity index (χ1) is 10.1. The van der Waals surface area contributed by atoms with E-state index in [0.29, 0.717) is 15.7 Å². The Morgan fingerprint density at radius 2 is 1.95 bits per heavy atom. The quantitative estimate of drug-likeness (QED) is 0.907. The SMILES string of the molecule is CCCCN1CCN(C(=O)Nc2cc(Cl)ccc2Cl)CC1. The summed E-state index contributed by atoms with van der Waals surface area (Å²) in [6.45, 7) is 6.65. The molecule has 0 aromatic heterocycles. The van der Waals surface area contributed by atoms with E-state index in [9.17, 15) is 4.79 Å². The molecule has 1 heterocycles. The zero-order valence-corrected chi connectivity index (χ0v) is 13.8. The zero-order chi connectivity index (χ0) is 15.2. The van der Waals surface area contributed by atoms with Crippen LogP contribution < -0.4 is 5.32 Å². The van der Waals surface area contributed by atoms with E-state index in [2.05, 4.69) is 17.1 Å². The first-order valence-electron chi connectivity index (χ1n) is 7.33. The summed E-state index contributed by atoms with van der Waals surface area (Å²) in [6, 6.07) is 4.93. The van der Waals surface area contributed by atoms with Crippen LogP contribution in [-0.4, -0.2) is 48.6 Å². The van der Waals surface area contributed by atoms with E-state index in [1.807, 2.05) is 4.90 Å². The first kappa shape index (κ1) is 16.4. The van der Waals surface area contributed by atoms with E-state index in [0.717, 1.165) is 32.7 Å². The summed E-state index contributed by atoms with van der Waals surface area (Å²) in [7, 11) is 0. The molecule has 1 aliphatic heterocycles. The number of benzene rings is 1. The normalized spacial score (nSPS) is 16.0. The Kier molecular flexibility index (Phi) is 6.15. The summed E-state index contributed by atoms with van der Waals surface area (Å²) >= 11 is 12.0. The van der Waals surface area contributed by atoms with Gasteiger partial charge in [-0.2, -0.15) is 0 Å². The zero-order valence-electron chi connectivity index (χ0n) is 12.2. The second kappa shape index (κ2) is 7.87. The minimum atomic E-state index is -0.116. The number of hydrogen-bond acceptors (Lipinski definition) is 2. The van der Waals surface area contributed by atoms with Crippen LogP contribution in [-0.2, 0) is 0 Å². The van der Waals surface area contributed by atoms with Crippen LogP contribution in [0, 0.1) is 0 Å². The van der Waals surface area contributed by atoms with E-state index >= 15 is 0 Å². The fourth-order valence-corrected chi connectivity index (χ4v) is 2.68. The van der Waals surface area contributed by atoms with Crippen molar-refractivity contribution in [2.45, 2.75) is 19.8 Å². The highest BCUT2D eigenvalue weighted by atomic mass is 35.5. The molecule has 2 amide bonds. The van der Waals surface area contributed by atoms with Crippen LogP contribution in [0.25, 0.3) is 0 Å². The number of carbonyl (C=O) groups excluding carboxylic acids is 1. The Hall–Kier alpha value is -0.970. The van der Waals surface area contributed by atoms with Crippen molar-refractivity contribution >= 4 is 34.9 Å². The number of rotatable bonds is 4. The van der Waals surface area contributed by atoms with Gasteiger partial charge in [-0.05, 0) is 31.2 Å². The van der Waals surface area contributed by atoms with Gasteiger partial charge < -0.3 is 10.2 Å². The summed E-state index contributed by atoms with van der Waals surface area (Å²) in [5, 5.41) is 3.88. The van der Waals surface area contributed by atoms with E-state index in [1.165, 1.54) is 12.8 Å². The molecule has 1 fully saturated rings. The molecule has 4 nitrogen and oxygen atoms in total. The Bertz CT molecular complexity index is 488. The molecule has 0 radical (unpaired) electrons. The third-order valence-electron chi connectivity index (χ3n) is 3.66. The molecule has 0 unspecified atom stereocenters. The molecule has 0 atom stereocenters. The summed E-state index contributed by atoms with van der Waals surface area (Å²) in [4.78, 5) is 16.5. The lowest BCUT2D eigenvalue weighted by Crippen LogP contribution is -2.50. The van der Waals surface area contributed by atoms with E-state index < -0.39 is 0 Å². The lowest BCUT2D eigenvalue weighted by Gasteiger charge is -2.34. The minimum Gasteiger partial charge on any atom is -0.322 e. The molecular formula is C15H21Cl2N3O. The third kappa shape index (κ3) is 4.77. The minimum absolute atomic E-state index is 0.116. The molecule has 0 spiro atoms. The van der Waals surface area contributed by atoms with Crippen LogP contribution in [0.4, 0.5) is 10.5 Å². The summed E-state index contributed by atoms with van der Waals surface area (Å²) in [5.74, 6) is 0. The second-order valence-corrected chi connectivity index (χ2v) is 6.08. The fraction of sp³-hybridized carbons (Fsp3) is 0.533. The predicted octanol–water partition coefficient (Wildman–Crippen LogP) is 3.94. The Labute approximate surface area is 136 Å². The molecule has 0 bridgehead atoms. The van der Waals surface area contributed by atoms with E-state index in [1.54, 1.807) is 18.2 Å². The maximum Gasteiger partial charge on any atom is 0.321 e. The van der Waals surface area contributed by atoms with Crippen molar-refractivity contribution < 1.29 is 4.79 Å². The lowest BCUT2D eigenvalue weighted by atomic mass is 10.2. The molecular weight excluding hydrogens is 309 g/mol. The third-order valence-corrected chi connectivity index (χ3v) is 4.22. The molecule has 1 aromatic rings. The molecule has 1 saturated heterocycles. The van der Waals surface area contributed by atoms with Crippen molar-refractivity contribution in [2.24, 2.45) is 0 Å². The number of amides is 2. The van der Waals surface area contributed by atoms with Gasteiger partial charge in [-0.3, -0.25) is 4.90 Å². The fourth-order valence-electron chi connectivity index (χ4n) is 2.34. The number of carbonyl (C=O) groups is 1. The molecule has 1 N–H and O–H groups in total. The number of nitrogens with zero attached hydrogens (tertiary/aromatic N) is 2. The Morgan fingerprint density at radius 1 is 1.24 bits per heavy atom. The van der Waals surface area contributed by atoms with Gasteiger partial charge in [0, 0.05) is 31.2 Å². The van der Waals surface area contributed by atoms with Gasteiger partial charge in [0.1, 0.15) is 0 Å². The van der Waals surface area contributed by atoms with Crippen molar-refractivity contribution in [1.29, 1.82) is 0 Å². The topological polar surface area (TPSA) is 35.6 Å². The second-order valence-electron chi connectivity index (χ2n) is 5.24. The molecule has 2 rings (SSSR count). The molecule has 6 heteroatoms. The summed E-state index contributed by atoms with van der Waals surface area (Å²) in [6.07, 6.45) is 2.41. The van der Waals surface area contributed by atoms with Gasteiger partial charge in [-0.1, -0.05) is 36.5 Å². The van der Waals surface area contributed by atoms with Crippen LogP contribution in [0.3, 0.4) is 0 Å². The summed E-state index contributed by atoms with van der Waals surface area (Å²) in [5.41, 5.74) is 0.558. The van der Waals surface area contributed by atoms with Crippen LogP contribution in [0.2, 0.25) is 10.0 Å². The van der Waals surface area contributed by atoms with E-state index in [-0.39, 0.29) is 6.03 Å². The van der Waals surface area contributed by atoms with Crippen molar-refractivity contribution in [1.82, 2.24) is 9.80 Å². The van der Waals surface area contributed by atoms with Gasteiger partial charge in [0.2, 0.25) is 0 Å². The highest BCUT2D eigenvalue weighted by Gasteiger charge is 2.21. The van der Waals surface area contributed by atoms with Gasteiger partial charge in [0.25, 0.3) is 0 Å². The molecule has 0 aliphatic carbocycles. The van der Waals surface area contributed by atoms with Gasteiger partial charge in [0.15, 0.2) is 0 Å². The van der Waals surface area contributed by atoms with Crippen LogP contribution >= 0.6 is 23.2 Å². The van der Waals surface area contributed by atoms with Crippen molar-refractivity contribution in [3.8, 4) is 0 Å². The van der Waals surface area contributed by atoms with Gasteiger partial charge in [0.05, 0.1) is 10.7 Å². The first-order valence-corrected chi connectivity index (χ1v) is 8.09. The number of unbranched alkanes of at least 4 members (excludes halogenated alkanes) is 1. The molecule has 21 heavy (non-hydrogen) atoms. The average Bonchev–Trinajstić information content (AvgIpc) is 2.49. The average molecular weight is 330 g/mol. The molecule has 0 saturated carbocycles. The smallest absolute Gasteiger partial charge is 0.321 e. The number of nitrogens with one attached hydrogen (secondary N) is 1. The van der Waals surface area contributed by atoms with Crippen LogP contribution in [0.5, 0.6) is 0 Å².